The molecule has 4 heteroatoms. The summed E-state index contributed by atoms with van der Waals surface area (Å²) in [5, 5.41) is 0. The summed E-state index contributed by atoms with van der Waals surface area (Å²) in [6.45, 7) is 4.61. The molecule has 1 aromatic carbocycles. The summed E-state index contributed by atoms with van der Waals surface area (Å²) in [4.78, 5) is 11.6. The summed E-state index contributed by atoms with van der Waals surface area (Å²) in [5.41, 5.74) is 4.75. The van der Waals surface area contributed by atoms with E-state index >= 15 is 0 Å². The van der Waals surface area contributed by atoms with Crippen LogP contribution < -0.4 is 4.74 Å². The third-order valence-corrected chi connectivity index (χ3v) is 4.24. The molecule has 3 aromatic rings. The molecule has 0 radical (unpaired) electrons. The van der Waals surface area contributed by atoms with Crippen molar-refractivity contribution in [3.8, 4) is 16.9 Å². The molecule has 0 spiro atoms. The van der Waals surface area contributed by atoms with Crippen molar-refractivity contribution in [1.82, 2.24) is 4.40 Å². The molecule has 0 bridgehead atoms. The summed E-state index contributed by atoms with van der Waals surface area (Å²) in [7, 11) is 0. The summed E-state index contributed by atoms with van der Waals surface area (Å²) < 4.78 is 8.34. The third kappa shape index (κ3) is 2.55. The summed E-state index contributed by atoms with van der Waals surface area (Å²) >= 11 is 3.53. The first-order chi connectivity index (χ1) is 10.6. The second-order valence-corrected chi connectivity index (χ2v) is 5.99. The van der Waals surface area contributed by atoms with Crippen molar-refractivity contribution in [2.75, 3.05) is 6.61 Å². The highest BCUT2D eigenvalue weighted by molar-refractivity contribution is 9.10. The molecular formula is C18H16BrNO2. The van der Waals surface area contributed by atoms with Crippen molar-refractivity contribution in [3.05, 3.63) is 58.3 Å². The maximum Gasteiger partial charge on any atom is 0.167 e. The summed E-state index contributed by atoms with van der Waals surface area (Å²) in [6.07, 6.45) is 2.84. The molecule has 112 valence electrons. The topological polar surface area (TPSA) is 30.7 Å². The number of halogens is 1. The van der Waals surface area contributed by atoms with Crippen LogP contribution in [0.15, 0.2) is 47.1 Å². The van der Waals surface area contributed by atoms with Gasteiger partial charge in [0.2, 0.25) is 0 Å². The van der Waals surface area contributed by atoms with Crippen molar-refractivity contribution in [2.45, 2.75) is 13.8 Å². The van der Waals surface area contributed by atoms with E-state index in [-0.39, 0.29) is 0 Å². The van der Waals surface area contributed by atoms with E-state index in [0.29, 0.717) is 12.3 Å². The predicted molar refractivity (Wildman–Crippen MR) is 91.8 cm³/mol. The van der Waals surface area contributed by atoms with E-state index in [1.54, 1.807) is 0 Å². The number of ether oxygens (including phenoxy) is 1. The lowest BCUT2D eigenvalue weighted by Crippen LogP contribution is -1.94. The molecule has 0 aliphatic heterocycles. The summed E-state index contributed by atoms with van der Waals surface area (Å²) in [6, 6.07) is 12.0. The Morgan fingerprint density at radius 1 is 1.23 bits per heavy atom. The molecule has 0 amide bonds. The number of hydrogen-bond acceptors (Lipinski definition) is 2. The molecule has 0 unspecified atom stereocenters. The number of rotatable bonds is 4. The smallest absolute Gasteiger partial charge is 0.167 e. The fourth-order valence-electron chi connectivity index (χ4n) is 2.60. The minimum atomic E-state index is 0.618. The average molecular weight is 358 g/mol. The van der Waals surface area contributed by atoms with E-state index in [2.05, 4.69) is 22.0 Å². The first-order valence-corrected chi connectivity index (χ1v) is 7.93. The zero-order chi connectivity index (χ0) is 15.7. The molecule has 0 aliphatic carbocycles. The summed E-state index contributed by atoms with van der Waals surface area (Å²) in [5.74, 6) is 0.804. The van der Waals surface area contributed by atoms with Gasteiger partial charge in [-0.1, -0.05) is 6.07 Å². The van der Waals surface area contributed by atoms with Crippen LogP contribution in [0.1, 0.15) is 23.0 Å². The average Bonchev–Trinajstić information content (AvgIpc) is 2.87. The van der Waals surface area contributed by atoms with Crippen LogP contribution in [-0.4, -0.2) is 17.3 Å². The lowest BCUT2D eigenvalue weighted by Gasteiger charge is -2.08. The molecule has 3 nitrogen and oxygen atoms in total. The van der Waals surface area contributed by atoms with Gasteiger partial charge in [0, 0.05) is 17.3 Å². The number of benzene rings is 1. The van der Waals surface area contributed by atoms with E-state index < -0.39 is 0 Å². The Kier molecular flexibility index (Phi) is 4.03. The molecule has 0 atom stereocenters. The highest BCUT2D eigenvalue weighted by Gasteiger charge is 2.13. The molecule has 0 fully saturated rings. The number of pyridine rings is 1. The van der Waals surface area contributed by atoms with Crippen LogP contribution in [0.3, 0.4) is 0 Å². The first-order valence-electron chi connectivity index (χ1n) is 7.13. The number of carbonyl (C=O) groups excluding carboxylic acids is 1. The Labute approximate surface area is 137 Å². The van der Waals surface area contributed by atoms with Gasteiger partial charge in [-0.25, -0.2) is 0 Å². The number of hydrogen-bond donors (Lipinski definition) is 0. The zero-order valence-electron chi connectivity index (χ0n) is 12.5. The number of aromatic nitrogens is 1. The highest BCUT2D eigenvalue weighted by atomic mass is 79.9. The highest BCUT2D eigenvalue weighted by Crippen LogP contribution is 2.33. The molecule has 2 heterocycles. The minimum absolute atomic E-state index is 0.618. The van der Waals surface area contributed by atoms with E-state index in [1.807, 2.05) is 54.8 Å². The van der Waals surface area contributed by atoms with E-state index in [1.165, 1.54) is 5.56 Å². The number of nitrogens with zero attached hydrogens (tertiary/aromatic N) is 1. The van der Waals surface area contributed by atoms with E-state index in [0.717, 1.165) is 33.2 Å². The van der Waals surface area contributed by atoms with Gasteiger partial charge in [0.1, 0.15) is 5.75 Å². The van der Waals surface area contributed by atoms with Crippen LogP contribution in [0, 0.1) is 6.92 Å². The molecule has 2 aromatic heterocycles. The van der Waals surface area contributed by atoms with Gasteiger partial charge >= 0.3 is 0 Å². The molecular weight excluding hydrogens is 342 g/mol. The van der Waals surface area contributed by atoms with Gasteiger partial charge in [0.05, 0.1) is 16.8 Å². The van der Waals surface area contributed by atoms with Crippen LogP contribution in [0.5, 0.6) is 5.75 Å². The maximum absolute atomic E-state index is 11.6. The SMILES string of the molecule is CCOc1ccc(-c2cc3cc(C)ccn3c2C=O)cc1Br. The zero-order valence-corrected chi connectivity index (χ0v) is 14.1. The molecule has 0 aliphatic rings. The third-order valence-electron chi connectivity index (χ3n) is 3.62. The minimum Gasteiger partial charge on any atom is -0.493 e. The van der Waals surface area contributed by atoms with Crippen LogP contribution in [0.4, 0.5) is 0 Å². The maximum atomic E-state index is 11.6. The number of aryl methyl sites for hydroxylation is 1. The van der Waals surface area contributed by atoms with E-state index in [9.17, 15) is 4.79 Å². The largest absolute Gasteiger partial charge is 0.493 e. The Morgan fingerprint density at radius 2 is 2.05 bits per heavy atom. The van der Waals surface area contributed by atoms with Crippen molar-refractivity contribution in [3.63, 3.8) is 0 Å². The Bertz CT molecular complexity index is 852. The first kappa shape index (κ1) is 14.9. The van der Waals surface area contributed by atoms with Crippen molar-refractivity contribution >= 4 is 27.7 Å². The normalized spacial score (nSPS) is 10.9. The second-order valence-electron chi connectivity index (χ2n) is 5.14. The lowest BCUT2D eigenvalue weighted by molar-refractivity contribution is 0.111. The quantitative estimate of drug-likeness (QED) is 0.622. The number of fused-ring (bicyclic) bond motifs is 1. The Hall–Kier alpha value is -2.07. The van der Waals surface area contributed by atoms with Crippen molar-refractivity contribution < 1.29 is 9.53 Å². The van der Waals surface area contributed by atoms with Gasteiger partial charge in [-0.05, 0) is 71.2 Å². The Morgan fingerprint density at radius 3 is 2.73 bits per heavy atom. The standard InChI is InChI=1S/C18H16BrNO2/c1-3-22-18-5-4-13(9-16(18)19)15-10-14-8-12(2)6-7-20(14)17(15)11-21/h4-11H,3H2,1-2H3. The fourth-order valence-corrected chi connectivity index (χ4v) is 3.10. The molecule has 0 N–H and O–H groups in total. The molecule has 0 saturated carbocycles. The second kappa shape index (κ2) is 5.97. The van der Waals surface area contributed by atoms with Crippen molar-refractivity contribution in [2.24, 2.45) is 0 Å². The lowest BCUT2D eigenvalue weighted by atomic mass is 10.1. The van der Waals surface area contributed by atoms with Crippen LogP contribution in [0.25, 0.3) is 16.6 Å². The molecule has 3 rings (SSSR count). The van der Waals surface area contributed by atoms with Crippen LogP contribution in [-0.2, 0) is 0 Å². The van der Waals surface area contributed by atoms with Crippen molar-refractivity contribution in [1.29, 1.82) is 0 Å². The van der Waals surface area contributed by atoms with Crippen LogP contribution >= 0.6 is 15.9 Å². The van der Waals surface area contributed by atoms with Gasteiger partial charge in [-0.15, -0.1) is 0 Å². The number of carbonyl (C=O) groups is 1. The number of aldehydes is 1. The van der Waals surface area contributed by atoms with Crippen LogP contribution in [0.2, 0.25) is 0 Å². The molecule has 22 heavy (non-hydrogen) atoms. The monoisotopic (exact) mass is 357 g/mol. The van der Waals surface area contributed by atoms with Gasteiger partial charge in [-0.2, -0.15) is 0 Å². The van der Waals surface area contributed by atoms with Gasteiger partial charge < -0.3 is 9.14 Å². The van der Waals surface area contributed by atoms with Gasteiger partial charge in [0.25, 0.3) is 0 Å². The fraction of sp³-hybridized carbons (Fsp3) is 0.167. The van der Waals surface area contributed by atoms with E-state index in [4.69, 9.17) is 4.74 Å². The van der Waals surface area contributed by atoms with Gasteiger partial charge in [0.15, 0.2) is 6.29 Å². The van der Waals surface area contributed by atoms with Gasteiger partial charge in [-0.3, -0.25) is 4.79 Å². The Balaban J connectivity index is 2.17. The molecule has 0 saturated heterocycles. The predicted octanol–water partition coefficient (Wildman–Crippen LogP) is 4.89.